The lowest BCUT2D eigenvalue weighted by atomic mass is 9.89. The summed E-state index contributed by atoms with van der Waals surface area (Å²) in [5.41, 5.74) is 3.29. The molecule has 32 heavy (non-hydrogen) atoms. The molecule has 0 bridgehead atoms. The fourth-order valence-corrected chi connectivity index (χ4v) is 5.99. The minimum Gasteiger partial charge on any atom is -0.497 e. The number of likely N-dealkylation sites (tertiary alicyclic amines) is 1. The molecule has 6 heteroatoms. The van der Waals surface area contributed by atoms with E-state index in [-0.39, 0.29) is 5.91 Å². The standard InChI is InChI=1S/C26H30N2O3S/c1-30-19-8-9-24-22(15-19)23(16-27-24)18-10-12-28(13-11-18)26(29)21-6-2-3-7-25(21)32-17-20-5-4-14-31-20/h2-3,6-9,15-16,18,20,27H,4-5,10-14,17H2,1H3. The van der Waals surface area contributed by atoms with Gasteiger partial charge in [-0.25, -0.2) is 0 Å². The molecular formula is C26H30N2O3S. The minimum absolute atomic E-state index is 0.152. The first-order chi connectivity index (χ1) is 15.7. The van der Waals surface area contributed by atoms with Gasteiger partial charge in [-0.1, -0.05) is 12.1 Å². The van der Waals surface area contributed by atoms with Crippen LogP contribution in [-0.2, 0) is 4.74 Å². The topological polar surface area (TPSA) is 54.6 Å². The third-order valence-corrected chi connectivity index (χ3v) is 7.91. The maximum atomic E-state index is 13.4. The highest BCUT2D eigenvalue weighted by Crippen LogP contribution is 2.35. The number of rotatable bonds is 6. The quantitative estimate of drug-likeness (QED) is 0.506. The number of piperidine rings is 1. The molecule has 1 unspecified atom stereocenters. The summed E-state index contributed by atoms with van der Waals surface area (Å²) in [5, 5.41) is 1.23. The van der Waals surface area contributed by atoms with Crippen molar-refractivity contribution in [1.29, 1.82) is 0 Å². The number of thioether (sulfide) groups is 1. The van der Waals surface area contributed by atoms with Crippen LogP contribution in [0.3, 0.4) is 0 Å². The fourth-order valence-electron chi connectivity index (χ4n) is 4.88. The molecule has 5 rings (SSSR count). The molecule has 168 valence electrons. The molecule has 1 aromatic heterocycles. The fraction of sp³-hybridized carbons (Fsp3) is 0.423. The Bertz CT molecular complexity index is 1080. The largest absolute Gasteiger partial charge is 0.497 e. The van der Waals surface area contributed by atoms with Crippen molar-refractivity contribution in [3.63, 3.8) is 0 Å². The summed E-state index contributed by atoms with van der Waals surface area (Å²) in [6, 6.07) is 14.2. The molecule has 3 aromatic rings. The molecule has 3 heterocycles. The molecule has 2 aliphatic heterocycles. The number of H-pyrrole nitrogens is 1. The van der Waals surface area contributed by atoms with Crippen molar-refractivity contribution in [1.82, 2.24) is 9.88 Å². The van der Waals surface area contributed by atoms with Crippen LogP contribution in [0.5, 0.6) is 5.75 Å². The molecule has 2 aromatic carbocycles. The van der Waals surface area contributed by atoms with Gasteiger partial charge in [-0.3, -0.25) is 4.79 Å². The van der Waals surface area contributed by atoms with E-state index in [0.29, 0.717) is 12.0 Å². The van der Waals surface area contributed by atoms with E-state index in [1.165, 1.54) is 10.9 Å². The molecular weight excluding hydrogens is 420 g/mol. The van der Waals surface area contributed by atoms with E-state index >= 15 is 0 Å². The lowest BCUT2D eigenvalue weighted by Crippen LogP contribution is -2.38. The molecule has 5 nitrogen and oxygen atoms in total. The molecule has 2 fully saturated rings. The Labute approximate surface area is 193 Å². The van der Waals surface area contributed by atoms with Crippen molar-refractivity contribution >= 4 is 28.6 Å². The van der Waals surface area contributed by atoms with Crippen molar-refractivity contribution in [3.05, 3.63) is 59.8 Å². The summed E-state index contributed by atoms with van der Waals surface area (Å²) in [4.78, 5) is 19.9. The third kappa shape index (κ3) is 4.39. The normalized spacial score (nSPS) is 19.5. The van der Waals surface area contributed by atoms with Gasteiger partial charge in [-0.15, -0.1) is 11.8 Å². The number of ether oxygens (including phenoxy) is 2. The number of benzene rings is 2. The molecule has 1 atom stereocenters. The first-order valence-corrected chi connectivity index (χ1v) is 12.5. The summed E-state index contributed by atoms with van der Waals surface area (Å²) in [6.07, 6.45) is 6.65. The molecule has 0 spiro atoms. The van der Waals surface area contributed by atoms with Gasteiger partial charge in [-0.05, 0) is 67.5 Å². The number of methoxy groups -OCH3 is 1. The Morgan fingerprint density at radius 1 is 1.19 bits per heavy atom. The van der Waals surface area contributed by atoms with E-state index in [1.54, 1.807) is 18.9 Å². The van der Waals surface area contributed by atoms with Gasteiger partial charge in [0, 0.05) is 47.4 Å². The van der Waals surface area contributed by atoms with E-state index in [0.717, 1.165) is 72.9 Å². The number of aromatic amines is 1. The monoisotopic (exact) mass is 450 g/mol. The highest BCUT2D eigenvalue weighted by molar-refractivity contribution is 7.99. The summed E-state index contributed by atoms with van der Waals surface area (Å²) >= 11 is 1.75. The van der Waals surface area contributed by atoms with Crippen LogP contribution in [0.1, 0.15) is 47.5 Å². The molecule has 1 N–H and O–H groups in total. The second kappa shape index (κ2) is 9.59. The summed E-state index contributed by atoms with van der Waals surface area (Å²) in [6.45, 7) is 2.43. The van der Waals surface area contributed by atoms with Crippen LogP contribution in [0.4, 0.5) is 0 Å². The smallest absolute Gasteiger partial charge is 0.254 e. The van der Waals surface area contributed by atoms with E-state index < -0.39 is 0 Å². The first-order valence-electron chi connectivity index (χ1n) is 11.5. The SMILES string of the molecule is COc1ccc2[nH]cc(C3CCN(C(=O)c4ccccc4SCC4CCCO4)CC3)c2c1. The van der Waals surface area contributed by atoms with Crippen LogP contribution in [0, 0.1) is 0 Å². The maximum Gasteiger partial charge on any atom is 0.254 e. The average Bonchev–Trinajstić information content (AvgIpc) is 3.52. The van der Waals surface area contributed by atoms with Gasteiger partial charge >= 0.3 is 0 Å². The van der Waals surface area contributed by atoms with Gasteiger partial charge in [0.1, 0.15) is 5.75 Å². The highest BCUT2D eigenvalue weighted by atomic mass is 32.2. The van der Waals surface area contributed by atoms with Crippen LogP contribution in [0.15, 0.2) is 53.6 Å². The zero-order valence-corrected chi connectivity index (χ0v) is 19.3. The Morgan fingerprint density at radius 2 is 2.03 bits per heavy atom. The number of nitrogens with one attached hydrogen (secondary N) is 1. The molecule has 0 radical (unpaired) electrons. The minimum atomic E-state index is 0.152. The first kappa shape index (κ1) is 21.4. The Kier molecular flexibility index (Phi) is 6.42. The Hall–Kier alpha value is -2.44. The van der Waals surface area contributed by atoms with Crippen LogP contribution in [0.2, 0.25) is 0 Å². The van der Waals surface area contributed by atoms with Crippen molar-refractivity contribution in [2.45, 2.75) is 42.6 Å². The second-order valence-corrected chi connectivity index (χ2v) is 9.73. The summed E-state index contributed by atoms with van der Waals surface area (Å²) in [5.74, 6) is 2.39. The van der Waals surface area contributed by atoms with Crippen molar-refractivity contribution < 1.29 is 14.3 Å². The Balaban J connectivity index is 1.25. The number of hydrogen-bond donors (Lipinski definition) is 1. The lowest BCUT2D eigenvalue weighted by Gasteiger charge is -2.32. The number of nitrogens with zero attached hydrogens (tertiary/aromatic N) is 1. The number of amides is 1. The van der Waals surface area contributed by atoms with E-state index in [1.807, 2.05) is 29.2 Å². The number of hydrogen-bond acceptors (Lipinski definition) is 4. The van der Waals surface area contributed by atoms with Gasteiger partial charge in [0.05, 0.1) is 18.8 Å². The number of fused-ring (bicyclic) bond motifs is 1. The molecule has 0 saturated carbocycles. The summed E-state index contributed by atoms with van der Waals surface area (Å²) in [7, 11) is 1.70. The zero-order chi connectivity index (χ0) is 21.9. The maximum absolute atomic E-state index is 13.4. The van der Waals surface area contributed by atoms with Gasteiger partial charge in [0.25, 0.3) is 5.91 Å². The number of carbonyl (C=O) groups excluding carboxylic acids is 1. The Morgan fingerprint density at radius 3 is 2.81 bits per heavy atom. The van der Waals surface area contributed by atoms with Crippen LogP contribution < -0.4 is 4.74 Å². The zero-order valence-electron chi connectivity index (χ0n) is 18.5. The molecule has 2 aliphatic rings. The van der Waals surface area contributed by atoms with Gasteiger partial charge < -0.3 is 19.4 Å². The van der Waals surface area contributed by atoms with Gasteiger partial charge in [-0.2, -0.15) is 0 Å². The lowest BCUT2D eigenvalue weighted by molar-refractivity contribution is 0.0709. The highest BCUT2D eigenvalue weighted by Gasteiger charge is 2.27. The molecule has 2 saturated heterocycles. The van der Waals surface area contributed by atoms with Crippen LogP contribution >= 0.6 is 11.8 Å². The number of aromatic nitrogens is 1. The van der Waals surface area contributed by atoms with Crippen LogP contribution in [-0.4, -0.2) is 54.5 Å². The predicted octanol–water partition coefficient (Wildman–Crippen LogP) is 5.47. The number of carbonyl (C=O) groups is 1. The van der Waals surface area contributed by atoms with E-state index in [2.05, 4.69) is 29.4 Å². The van der Waals surface area contributed by atoms with E-state index in [4.69, 9.17) is 9.47 Å². The summed E-state index contributed by atoms with van der Waals surface area (Å²) < 4.78 is 11.2. The third-order valence-electron chi connectivity index (χ3n) is 6.71. The van der Waals surface area contributed by atoms with Gasteiger partial charge in [0.15, 0.2) is 0 Å². The predicted molar refractivity (Wildman–Crippen MR) is 129 cm³/mol. The van der Waals surface area contributed by atoms with E-state index in [9.17, 15) is 4.79 Å². The van der Waals surface area contributed by atoms with Crippen molar-refractivity contribution in [3.8, 4) is 5.75 Å². The van der Waals surface area contributed by atoms with Crippen molar-refractivity contribution in [2.75, 3.05) is 32.6 Å². The van der Waals surface area contributed by atoms with Gasteiger partial charge in [0.2, 0.25) is 0 Å². The average molecular weight is 451 g/mol. The van der Waals surface area contributed by atoms with Crippen molar-refractivity contribution in [2.24, 2.45) is 0 Å². The second-order valence-electron chi connectivity index (χ2n) is 8.66. The molecule has 0 aliphatic carbocycles. The van der Waals surface area contributed by atoms with Crippen LogP contribution in [0.25, 0.3) is 10.9 Å². The molecule has 1 amide bonds.